The van der Waals surface area contributed by atoms with E-state index in [1.165, 1.54) is 12.1 Å². The molecule has 12 rings (SSSR count). The third kappa shape index (κ3) is 8.50. The minimum atomic E-state index is -5.13. The molecule has 0 spiro atoms. The van der Waals surface area contributed by atoms with E-state index in [1.807, 2.05) is 143 Å². The summed E-state index contributed by atoms with van der Waals surface area (Å²) in [5, 5.41) is 2.65. The second-order valence-corrected chi connectivity index (χ2v) is 18.6. The van der Waals surface area contributed by atoms with E-state index in [0.717, 1.165) is 40.1 Å². The lowest BCUT2D eigenvalue weighted by atomic mass is 9.95. The average Bonchev–Trinajstić information content (AvgIpc) is 4.19. The van der Waals surface area contributed by atoms with Crippen molar-refractivity contribution in [1.29, 1.82) is 0 Å². The molecule has 0 aliphatic carbocycles. The number of rotatable bonds is 7. The SMILES string of the molecule is [C-]#[N+]c1cc(-n2c3ccccc3c3cc(-c4ccc(C(F)(F)F)cc4C)ccc32)c(-n2c3ccccc3c3cc(-c4ccc(C(F)(F)F)cc4C(F)(F)F)ccc32)cc1-c1nc(-c2ccccc2)cc(-c2ccccc2)n1. The van der Waals surface area contributed by atoms with E-state index in [0.29, 0.717) is 83.9 Å². The third-order valence-electron chi connectivity index (χ3n) is 14.0. The monoisotopic (exact) mass is 1030 g/mol. The molecule has 0 fully saturated rings. The van der Waals surface area contributed by atoms with E-state index in [4.69, 9.17) is 16.5 Å². The Labute approximate surface area is 433 Å². The summed E-state index contributed by atoms with van der Waals surface area (Å²) < 4.78 is 131. The fraction of sp³-hybridized carbons (Fsp3) is 0.0635. The minimum absolute atomic E-state index is 0.0340. The fourth-order valence-corrected chi connectivity index (χ4v) is 10.4. The van der Waals surface area contributed by atoms with Gasteiger partial charge in [-0.25, -0.2) is 14.8 Å². The second-order valence-electron chi connectivity index (χ2n) is 18.6. The number of aryl methyl sites for hydroxylation is 1. The molecule has 0 bridgehead atoms. The normalized spacial score (nSPS) is 12.3. The Hall–Kier alpha value is -9.48. The van der Waals surface area contributed by atoms with Gasteiger partial charge < -0.3 is 9.13 Å². The standard InChI is InChI=1S/C63H36F9N5/c1-36-29-41(61(64,65)66)23-25-43(36)39-21-27-57-47(30-39)45-17-10-12-20-55(45)77(57)59-35-53(73-2)49(60-74-51(37-13-5-3-6-14-37)34-52(75-60)38-15-7-4-8-16-38)33-58(59)76-54-19-11-9-18-46(54)48-31-40(22-28-56(48)76)44-26-24-42(62(67,68)69)32-50(44)63(70,71)72/h3-35H,1H3. The zero-order valence-corrected chi connectivity index (χ0v) is 40.2. The molecule has 0 aliphatic rings. The lowest BCUT2D eigenvalue weighted by molar-refractivity contribution is -0.143. The first-order chi connectivity index (χ1) is 36.9. The molecule has 0 N–H and O–H groups in total. The van der Waals surface area contributed by atoms with Gasteiger partial charge in [-0.05, 0) is 114 Å². The Bertz CT molecular complexity index is 4310. The van der Waals surface area contributed by atoms with Crippen LogP contribution in [0.5, 0.6) is 0 Å². The molecule has 3 aromatic heterocycles. The number of hydrogen-bond donors (Lipinski definition) is 0. The predicted molar refractivity (Wildman–Crippen MR) is 284 cm³/mol. The number of para-hydroxylation sites is 2. The fourth-order valence-electron chi connectivity index (χ4n) is 10.4. The Morgan fingerprint density at radius 2 is 0.844 bits per heavy atom. The first kappa shape index (κ1) is 48.5. The topological polar surface area (TPSA) is 40.0 Å². The molecule has 0 saturated heterocycles. The van der Waals surface area contributed by atoms with Crippen LogP contribution in [-0.2, 0) is 18.5 Å². The van der Waals surface area contributed by atoms with Gasteiger partial charge in [-0.1, -0.05) is 121 Å². The highest BCUT2D eigenvalue weighted by Crippen LogP contribution is 2.47. The van der Waals surface area contributed by atoms with Crippen LogP contribution in [0, 0.1) is 13.5 Å². The Balaban J connectivity index is 1.16. The van der Waals surface area contributed by atoms with Crippen molar-refractivity contribution in [3.8, 4) is 67.5 Å². The van der Waals surface area contributed by atoms with E-state index in [1.54, 1.807) is 31.2 Å². The summed E-state index contributed by atoms with van der Waals surface area (Å²) in [5.41, 5.74) is 4.51. The molecule has 12 aromatic rings. The van der Waals surface area contributed by atoms with E-state index in [2.05, 4.69) is 4.85 Å². The molecule has 0 saturated carbocycles. The van der Waals surface area contributed by atoms with Crippen LogP contribution in [0.15, 0.2) is 200 Å². The van der Waals surface area contributed by atoms with Crippen LogP contribution in [-0.4, -0.2) is 19.1 Å². The van der Waals surface area contributed by atoms with Crippen LogP contribution in [0.3, 0.4) is 0 Å². The minimum Gasteiger partial charge on any atom is -0.308 e. The maximum atomic E-state index is 14.7. The van der Waals surface area contributed by atoms with E-state index >= 15 is 0 Å². The summed E-state index contributed by atoms with van der Waals surface area (Å²) in [7, 11) is 0. The average molecular weight is 1030 g/mol. The maximum Gasteiger partial charge on any atom is 0.417 e. The van der Waals surface area contributed by atoms with Gasteiger partial charge in [-0.15, -0.1) is 0 Å². The van der Waals surface area contributed by atoms with Gasteiger partial charge in [-0.2, -0.15) is 39.5 Å². The van der Waals surface area contributed by atoms with Crippen molar-refractivity contribution in [1.82, 2.24) is 19.1 Å². The molecule has 0 amide bonds. The molecular formula is C63H36F9N5. The lowest BCUT2D eigenvalue weighted by Gasteiger charge is -2.20. The van der Waals surface area contributed by atoms with Crippen LogP contribution in [0.1, 0.15) is 22.3 Å². The zero-order chi connectivity index (χ0) is 53.5. The van der Waals surface area contributed by atoms with Crippen LogP contribution < -0.4 is 0 Å². The van der Waals surface area contributed by atoms with Crippen molar-refractivity contribution in [2.24, 2.45) is 0 Å². The molecular weight excluding hydrogens is 998 g/mol. The molecule has 3 heterocycles. The molecule has 77 heavy (non-hydrogen) atoms. The Morgan fingerprint density at radius 3 is 1.34 bits per heavy atom. The van der Waals surface area contributed by atoms with Crippen molar-refractivity contribution < 1.29 is 39.5 Å². The lowest BCUT2D eigenvalue weighted by Crippen LogP contribution is -2.12. The summed E-state index contributed by atoms with van der Waals surface area (Å²) >= 11 is 0. The van der Waals surface area contributed by atoms with Gasteiger partial charge in [0.15, 0.2) is 5.69 Å². The number of aromatic nitrogens is 4. The van der Waals surface area contributed by atoms with E-state index in [9.17, 15) is 39.5 Å². The van der Waals surface area contributed by atoms with Gasteiger partial charge in [0.05, 0.1) is 68.1 Å². The molecule has 0 aliphatic heterocycles. The summed E-state index contributed by atoms with van der Waals surface area (Å²) in [5.74, 6) is 0.229. The van der Waals surface area contributed by atoms with Gasteiger partial charge >= 0.3 is 18.5 Å². The number of benzene rings is 9. The summed E-state index contributed by atoms with van der Waals surface area (Å²) in [6, 6.07) is 54.9. The van der Waals surface area contributed by atoms with Crippen molar-refractivity contribution in [3.63, 3.8) is 0 Å². The van der Waals surface area contributed by atoms with Gasteiger partial charge in [0.1, 0.15) is 5.82 Å². The highest BCUT2D eigenvalue weighted by atomic mass is 19.4. The smallest absolute Gasteiger partial charge is 0.308 e. The molecule has 0 radical (unpaired) electrons. The maximum absolute atomic E-state index is 14.7. The first-order valence-electron chi connectivity index (χ1n) is 24.0. The van der Waals surface area contributed by atoms with Gasteiger partial charge in [-0.3, -0.25) is 0 Å². The summed E-state index contributed by atoms with van der Waals surface area (Å²) in [4.78, 5) is 14.3. The largest absolute Gasteiger partial charge is 0.417 e. The highest BCUT2D eigenvalue weighted by Gasteiger charge is 2.39. The van der Waals surface area contributed by atoms with Crippen LogP contribution >= 0.6 is 0 Å². The van der Waals surface area contributed by atoms with Crippen LogP contribution in [0.25, 0.3) is 116 Å². The van der Waals surface area contributed by atoms with Gasteiger partial charge in [0.25, 0.3) is 0 Å². The summed E-state index contributed by atoms with van der Waals surface area (Å²) in [6.45, 7) is 10.4. The molecule has 9 aromatic carbocycles. The molecule has 14 heteroatoms. The quantitative estimate of drug-likeness (QED) is 0.118. The van der Waals surface area contributed by atoms with Gasteiger partial charge in [0, 0.05) is 38.2 Å². The highest BCUT2D eigenvalue weighted by molar-refractivity contribution is 6.13. The van der Waals surface area contributed by atoms with E-state index < -0.39 is 40.8 Å². The number of halogens is 9. The second kappa shape index (κ2) is 18.1. The summed E-state index contributed by atoms with van der Waals surface area (Å²) in [6.07, 6.45) is -14.7. The van der Waals surface area contributed by atoms with Crippen molar-refractivity contribution in [3.05, 3.63) is 234 Å². The van der Waals surface area contributed by atoms with Gasteiger partial charge in [0.2, 0.25) is 0 Å². The van der Waals surface area contributed by atoms with Crippen LogP contribution in [0.2, 0.25) is 0 Å². The third-order valence-corrected chi connectivity index (χ3v) is 14.0. The Morgan fingerprint density at radius 1 is 0.390 bits per heavy atom. The molecule has 5 nitrogen and oxygen atoms in total. The number of fused-ring (bicyclic) bond motifs is 6. The number of alkyl halides is 9. The molecule has 0 atom stereocenters. The molecule has 0 unspecified atom stereocenters. The first-order valence-corrected chi connectivity index (χ1v) is 24.0. The number of nitrogens with zero attached hydrogens (tertiary/aromatic N) is 5. The van der Waals surface area contributed by atoms with Crippen molar-refractivity contribution in [2.45, 2.75) is 25.5 Å². The Kier molecular flexibility index (Phi) is 11.4. The van der Waals surface area contributed by atoms with Crippen LogP contribution in [0.4, 0.5) is 45.2 Å². The molecule has 376 valence electrons. The predicted octanol–water partition coefficient (Wildman–Crippen LogP) is 18.9. The zero-order valence-electron chi connectivity index (χ0n) is 40.2. The number of hydrogen-bond acceptors (Lipinski definition) is 2. The van der Waals surface area contributed by atoms with Crippen molar-refractivity contribution in [2.75, 3.05) is 0 Å². The van der Waals surface area contributed by atoms with E-state index in [-0.39, 0.29) is 23.1 Å². The van der Waals surface area contributed by atoms with Crippen molar-refractivity contribution >= 4 is 49.3 Å².